The lowest BCUT2D eigenvalue weighted by atomic mass is 9.74. The van der Waals surface area contributed by atoms with Crippen LogP contribution in [-0.4, -0.2) is 27.5 Å². The zero-order valence-corrected chi connectivity index (χ0v) is 15.0. The van der Waals surface area contributed by atoms with Crippen molar-refractivity contribution in [3.8, 4) is 0 Å². The first-order valence-electron chi connectivity index (χ1n) is 8.33. The lowest BCUT2D eigenvalue weighted by Gasteiger charge is -2.46. The van der Waals surface area contributed by atoms with E-state index in [0.717, 1.165) is 11.8 Å². The molecular weight excluding hydrogens is 358 g/mol. The van der Waals surface area contributed by atoms with Crippen LogP contribution in [0.4, 0.5) is 8.78 Å². The first-order valence-corrected chi connectivity index (χ1v) is 9.31. The van der Waals surface area contributed by atoms with Gasteiger partial charge in [0.25, 0.3) is 0 Å². The largest absolute Gasteiger partial charge is 0.379 e. The predicted octanol–water partition coefficient (Wildman–Crippen LogP) is 3.10. The molecule has 3 unspecified atom stereocenters. The van der Waals surface area contributed by atoms with Crippen LogP contribution in [0.5, 0.6) is 0 Å². The number of aromatic nitrogens is 2. The molecule has 1 fully saturated rings. The van der Waals surface area contributed by atoms with Gasteiger partial charge >= 0.3 is 0 Å². The Hall–Kier alpha value is -2.06. The van der Waals surface area contributed by atoms with Crippen LogP contribution in [0.2, 0.25) is 0 Å². The quantitative estimate of drug-likeness (QED) is 0.872. The number of amidine groups is 1. The van der Waals surface area contributed by atoms with Crippen LogP contribution in [0.15, 0.2) is 35.5 Å². The molecule has 2 aliphatic heterocycles. The summed E-state index contributed by atoms with van der Waals surface area (Å²) < 4.78 is 34.0. The number of thioether (sulfide) groups is 1. The minimum Gasteiger partial charge on any atom is -0.379 e. The van der Waals surface area contributed by atoms with Crippen molar-refractivity contribution in [2.75, 3.05) is 12.4 Å². The van der Waals surface area contributed by atoms with Gasteiger partial charge in [-0.05, 0) is 25.5 Å². The Bertz CT molecular complexity index is 878. The summed E-state index contributed by atoms with van der Waals surface area (Å²) in [7, 11) is 0. The lowest BCUT2D eigenvalue weighted by Crippen LogP contribution is -2.48. The molecule has 136 valence electrons. The highest BCUT2D eigenvalue weighted by Crippen LogP contribution is 2.49. The molecule has 0 radical (unpaired) electrons. The fraction of sp³-hybridized carbons (Fsp3) is 0.389. The highest BCUT2D eigenvalue weighted by atomic mass is 32.2. The van der Waals surface area contributed by atoms with E-state index in [1.54, 1.807) is 6.20 Å². The SMILES string of the molecule is Cc1nccc(C2CC3CSC(N)=NC3(c3ccc(F)cc3F)CO2)n1. The Morgan fingerprint density at radius 1 is 1.31 bits per heavy atom. The summed E-state index contributed by atoms with van der Waals surface area (Å²) in [5.74, 6) is 0.114. The molecule has 3 heterocycles. The molecule has 0 amide bonds. The number of nitrogens with two attached hydrogens (primary N) is 1. The van der Waals surface area contributed by atoms with E-state index in [-0.39, 0.29) is 18.6 Å². The average molecular weight is 376 g/mol. The van der Waals surface area contributed by atoms with Gasteiger partial charge in [-0.2, -0.15) is 0 Å². The first kappa shape index (κ1) is 17.4. The van der Waals surface area contributed by atoms with E-state index in [0.29, 0.717) is 28.7 Å². The molecule has 5 nitrogen and oxygen atoms in total. The van der Waals surface area contributed by atoms with Gasteiger partial charge in [0.1, 0.15) is 29.1 Å². The molecule has 0 aliphatic carbocycles. The molecule has 0 spiro atoms. The van der Waals surface area contributed by atoms with Gasteiger partial charge in [0.15, 0.2) is 5.17 Å². The average Bonchev–Trinajstić information content (AvgIpc) is 2.61. The third-order valence-electron chi connectivity index (χ3n) is 4.95. The molecular formula is C18H18F2N4OS. The summed E-state index contributed by atoms with van der Waals surface area (Å²) in [6, 6.07) is 5.41. The summed E-state index contributed by atoms with van der Waals surface area (Å²) in [6.07, 6.45) is 2.11. The number of halogens is 2. The van der Waals surface area contributed by atoms with E-state index >= 15 is 0 Å². The van der Waals surface area contributed by atoms with Gasteiger partial charge in [-0.25, -0.2) is 23.7 Å². The van der Waals surface area contributed by atoms with Crippen molar-refractivity contribution in [1.82, 2.24) is 9.97 Å². The second-order valence-corrected chi connectivity index (χ2v) is 7.61. The predicted molar refractivity (Wildman–Crippen MR) is 95.7 cm³/mol. The third kappa shape index (κ3) is 2.97. The van der Waals surface area contributed by atoms with Gasteiger partial charge in [0, 0.05) is 29.5 Å². The number of nitrogens with zero attached hydrogens (tertiary/aromatic N) is 3. The van der Waals surface area contributed by atoms with Crippen molar-refractivity contribution >= 4 is 16.9 Å². The molecule has 0 bridgehead atoms. The number of aryl methyl sites for hydroxylation is 1. The van der Waals surface area contributed by atoms with E-state index in [1.165, 1.54) is 23.9 Å². The highest BCUT2D eigenvalue weighted by molar-refractivity contribution is 8.13. The summed E-state index contributed by atoms with van der Waals surface area (Å²) >= 11 is 1.45. The van der Waals surface area contributed by atoms with E-state index in [2.05, 4.69) is 15.0 Å². The molecule has 8 heteroatoms. The minimum atomic E-state index is -0.939. The maximum absolute atomic E-state index is 14.6. The minimum absolute atomic E-state index is 0.00576. The summed E-state index contributed by atoms with van der Waals surface area (Å²) in [5.41, 5.74) is 6.14. The van der Waals surface area contributed by atoms with Crippen molar-refractivity contribution in [3.63, 3.8) is 0 Å². The lowest BCUT2D eigenvalue weighted by molar-refractivity contribution is -0.0607. The number of ether oxygens (including phenoxy) is 1. The van der Waals surface area contributed by atoms with Crippen molar-refractivity contribution in [3.05, 3.63) is 59.2 Å². The zero-order chi connectivity index (χ0) is 18.3. The maximum atomic E-state index is 14.6. The van der Waals surface area contributed by atoms with Crippen LogP contribution in [-0.2, 0) is 10.3 Å². The van der Waals surface area contributed by atoms with Crippen LogP contribution in [0.3, 0.4) is 0 Å². The van der Waals surface area contributed by atoms with Crippen molar-refractivity contribution in [1.29, 1.82) is 0 Å². The molecule has 1 aromatic carbocycles. The van der Waals surface area contributed by atoms with Gasteiger partial charge in [-0.15, -0.1) is 0 Å². The van der Waals surface area contributed by atoms with Crippen molar-refractivity contribution < 1.29 is 13.5 Å². The number of benzene rings is 1. The van der Waals surface area contributed by atoms with Crippen LogP contribution in [0, 0.1) is 24.5 Å². The zero-order valence-electron chi connectivity index (χ0n) is 14.2. The number of hydrogen-bond acceptors (Lipinski definition) is 6. The van der Waals surface area contributed by atoms with Gasteiger partial charge in [-0.1, -0.05) is 17.8 Å². The highest BCUT2D eigenvalue weighted by Gasteiger charge is 2.49. The third-order valence-corrected chi connectivity index (χ3v) is 5.90. The topological polar surface area (TPSA) is 73.4 Å². The molecule has 2 N–H and O–H groups in total. The Balaban J connectivity index is 1.72. The Morgan fingerprint density at radius 3 is 2.92 bits per heavy atom. The molecule has 3 atom stereocenters. The fourth-order valence-corrected chi connectivity index (χ4v) is 4.68. The maximum Gasteiger partial charge on any atom is 0.154 e. The fourth-order valence-electron chi connectivity index (χ4n) is 3.67. The standard InChI is InChI=1S/C18H18F2N4OS/c1-10-22-5-4-15(23-10)16-6-11-8-26-17(21)24-18(11,9-25-16)13-3-2-12(19)7-14(13)20/h2-5,7,11,16H,6,8-9H2,1H3,(H2,21,24). The second-order valence-electron chi connectivity index (χ2n) is 6.57. The number of aliphatic imine (C=N–C) groups is 1. The van der Waals surface area contributed by atoms with Crippen LogP contribution >= 0.6 is 11.8 Å². The Kier molecular flexibility index (Phi) is 4.40. The van der Waals surface area contributed by atoms with Crippen LogP contribution in [0.1, 0.15) is 29.6 Å². The van der Waals surface area contributed by atoms with Gasteiger partial charge in [0.2, 0.25) is 0 Å². The number of fused-ring (bicyclic) bond motifs is 1. The first-order chi connectivity index (χ1) is 12.5. The van der Waals surface area contributed by atoms with Crippen molar-refractivity contribution in [2.45, 2.75) is 25.0 Å². The number of rotatable bonds is 2. The normalized spacial score (nSPS) is 28.3. The van der Waals surface area contributed by atoms with E-state index in [1.807, 2.05) is 13.0 Å². The van der Waals surface area contributed by atoms with Gasteiger partial charge < -0.3 is 10.5 Å². The molecule has 1 aromatic heterocycles. The Morgan fingerprint density at radius 2 is 2.15 bits per heavy atom. The van der Waals surface area contributed by atoms with Crippen molar-refractivity contribution in [2.24, 2.45) is 16.6 Å². The van der Waals surface area contributed by atoms with E-state index in [4.69, 9.17) is 10.5 Å². The molecule has 1 saturated heterocycles. The molecule has 2 aromatic rings. The summed E-state index contributed by atoms with van der Waals surface area (Å²) in [5, 5.41) is 0.393. The molecule has 4 rings (SSSR count). The summed E-state index contributed by atoms with van der Waals surface area (Å²) in [4.78, 5) is 13.1. The molecule has 0 saturated carbocycles. The van der Waals surface area contributed by atoms with Gasteiger partial charge in [0.05, 0.1) is 12.3 Å². The van der Waals surface area contributed by atoms with Crippen LogP contribution < -0.4 is 5.73 Å². The smallest absolute Gasteiger partial charge is 0.154 e. The monoisotopic (exact) mass is 376 g/mol. The number of hydrogen-bond donors (Lipinski definition) is 1. The molecule has 26 heavy (non-hydrogen) atoms. The van der Waals surface area contributed by atoms with E-state index in [9.17, 15) is 8.78 Å². The summed E-state index contributed by atoms with van der Waals surface area (Å²) in [6.45, 7) is 1.99. The Labute approximate surface area is 154 Å². The second kappa shape index (κ2) is 6.59. The van der Waals surface area contributed by atoms with Crippen LogP contribution in [0.25, 0.3) is 0 Å². The van der Waals surface area contributed by atoms with E-state index < -0.39 is 17.2 Å². The van der Waals surface area contributed by atoms with Gasteiger partial charge in [-0.3, -0.25) is 0 Å². The molecule has 2 aliphatic rings.